The second kappa shape index (κ2) is 14.6. The summed E-state index contributed by atoms with van der Waals surface area (Å²) in [5.41, 5.74) is 19.5. The summed E-state index contributed by atoms with van der Waals surface area (Å²) in [7, 11) is 0. The van der Waals surface area contributed by atoms with Crippen LogP contribution in [0.5, 0.6) is 0 Å². The van der Waals surface area contributed by atoms with Crippen molar-refractivity contribution in [2.45, 2.75) is 19.3 Å². The van der Waals surface area contributed by atoms with Crippen LogP contribution in [0.3, 0.4) is 0 Å². The van der Waals surface area contributed by atoms with Crippen molar-refractivity contribution in [2.75, 3.05) is 4.90 Å². The lowest BCUT2D eigenvalue weighted by Gasteiger charge is -2.30. The smallest absolute Gasteiger partial charge is 0.143 e. The number of fused-ring (bicyclic) bond motifs is 8. The minimum Gasteiger partial charge on any atom is -0.455 e. The van der Waals surface area contributed by atoms with Crippen LogP contribution < -0.4 is 4.90 Å². The van der Waals surface area contributed by atoms with Gasteiger partial charge in [-0.3, -0.25) is 0 Å². The van der Waals surface area contributed by atoms with Crippen molar-refractivity contribution < 1.29 is 4.42 Å². The van der Waals surface area contributed by atoms with Crippen LogP contribution in [0.25, 0.3) is 88.3 Å². The lowest BCUT2D eigenvalue weighted by molar-refractivity contribution is 0.660. The fraction of sp³-hybridized carbons (Fsp3) is 0.0492. The van der Waals surface area contributed by atoms with E-state index in [1.165, 1.54) is 44.5 Å². The van der Waals surface area contributed by atoms with E-state index in [1.807, 2.05) is 0 Å². The molecule has 0 bridgehead atoms. The molecule has 11 aromatic rings. The van der Waals surface area contributed by atoms with Gasteiger partial charge in [-0.15, -0.1) is 0 Å². The van der Waals surface area contributed by atoms with Gasteiger partial charge in [-0.05, 0) is 109 Å². The van der Waals surface area contributed by atoms with E-state index in [4.69, 9.17) is 4.42 Å². The third-order valence-corrected chi connectivity index (χ3v) is 13.2. The molecule has 2 nitrogen and oxygen atoms in total. The maximum atomic E-state index is 6.93. The van der Waals surface area contributed by atoms with Gasteiger partial charge in [-0.25, -0.2) is 0 Å². The molecule has 0 N–H and O–H groups in total. The van der Waals surface area contributed by atoms with Crippen molar-refractivity contribution in [3.63, 3.8) is 0 Å². The van der Waals surface area contributed by atoms with Crippen LogP contribution in [-0.4, -0.2) is 0 Å². The maximum Gasteiger partial charge on any atom is 0.143 e. The standard InChI is InChI=1S/C61H43NO/c1-61(2)55-27-15-14-23-50(55)51-34-33-47(38-56(51)61)62(48-36-45(41-19-8-4-9-20-41)35-46(37-48)42-21-10-5-11-22-42)57-39-54-59-49(44-31-29-43(30-32-44)40-17-6-3-7-18-40)26-16-28-58(59)63-60(54)53-25-13-12-24-52(53)57/h3-39H,1-2H3. The van der Waals surface area contributed by atoms with Crippen molar-refractivity contribution in [3.8, 4) is 55.6 Å². The average Bonchev–Trinajstić information content (AvgIpc) is 3.84. The van der Waals surface area contributed by atoms with Gasteiger partial charge in [0.25, 0.3) is 0 Å². The van der Waals surface area contributed by atoms with Gasteiger partial charge in [-0.1, -0.05) is 196 Å². The molecule has 0 fully saturated rings. The van der Waals surface area contributed by atoms with E-state index >= 15 is 0 Å². The van der Waals surface area contributed by atoms with Crippen molar-refractivity contribution in [1.82, 2.24) is 0 Å². The van der Waals surface area contributed by atoms with Crippen LogP contribution in [0.15, 0.2) is 229 Å². The van der Waals surface area contributed by atoms with Crippen molar-refractivity contribution in [1.29, 1.82) is 0 Å². The fourth-order valence-corrected chi connectivity index (χ4v) is 10.1. The Labute approximate surface area is 368 Å². The predicted molar refractivity (Wildman–Crippen MR) is 265 cm³/mol. The first-order chi connectivity index (χ1) is 31.0. The Hall–Kier alpha value is -7.94. The van der Waals surface area contributed by atoms with Crippen molar-refractivity contribution in [3.05, 3.63) is 236 Å². The summed E-state index contributed by atoms with van der Waals surface area (Å²) in [6.45, 7) is 4.73. The number of benzene rings is 10. The monoisotopic (exact) mass is 805 g/mol. The second-order valence-corrected chi connectivity index (χ2v) is 17.3. The SMILES string of the molecule is CC1(C)c2ccccc2-c2ccc(N(c3cc(-c4ccccc4)cc(-c4ccccc4)c3)c3cc4c(oc5cccc(-c6ccc(-c7ccccc7)cc6)c54)c4ccccc34)cc21. The zero-order chi connectivity index (χ0) is 42.1. The first-order valence-electron chi connectivity index (χ1n) is 21.8. The lowest BCUT2D eigenvalue weighted by Crippen LogP contribution is -2.16. The third-order valence-electron chi connectivity index (χ3n) is 13.2. The van der Waals surface area contributed by atoms with Gasteiger partial charge < -0.3 is 9.32 Å². The number of anilines is 3. The molecule has 0 radical (unpaired) electrons. The van der Waals surface area contributed by atoms with Crippen molar-refractivity contribution >= 4 is 49.8 Å². The summed E-state index contributed by atoms with van der Waals surface area (Å²) in [4.78, 5) is 2.50. The van der Waals surface area contributed by atoms with Gasteiger partial charge in [-0.2, -0.15) is 0 Å². The van der Waals surface area contributed by atoms with E-state index < -0.39 is 0 Å². The maximum absolute atomic E-state index is 6.93. The molecule has 1 aliphatic carbocycles. The average molecular weight is 806 g/mol. The van der Waals surface area contributed by atoms with Gasteiger partial charge >= 0.3 is 0 Å². The Morgan fingerprint density at radius 2 is 0.889 bits per heavy atom. The van der Waals surface area contributed by atoms with Crippen LogP contribution in [0, 0.1) is 0 Å². The highest BCUT2D eigenvalue weighted by atomic mass is 16.3. The summed E-state index contributed by atoms with van der Waals surface area (Å²) in [6, 6.07) is 81.7. The molecule has 0 saturated carbocycles. The molecule has 0 saturated heterocycles. The Balaban J connectivity index is 1.14. The summed E-state index contributed by atoms with van der Waals surface area (Å²) in [6.07, 6.45) is 0. The molecule has 1 heterocycles. The van der Waals surface area contributed by atoms with Crippen LogP contribution >= 0.6 is 0 Å². The first kappa shape index (κ1) is 36.9. The quantitative estimate of drug-likeness (QED) is 0.160. The Kier molecular flexibility index (Phi) is 8.55. The molecule has 0 unspecified atom stereocenters. The molecule has 2 heteroatoms. The summed E-state index contributed by atoms with van der Waals surface area (Å²) < 4.78 is 6.93. The molecule has 10 aromatic carbocycles. The lowest BCUT2D eigenvalue weighted by atomic mass is 9.82. The predicted octanol–water partition coefficient (Wildman–Crippen LogP) is 17.2. The highest BCUT2D eigenvalue weighted by Crippen LogP contribution is 2.52. The van der Waals surface area contributed by atoms with Crippen molar-refractivity contribution in [2.24, 2.45) is 0 Å². The molecule has 1 aliphatic rings. The van der Waals surface area contributed by atoms with Gasteiger partial charge in [0.2, 0.25) is 0 Å². The number of hydrogen-bond acceptors (Lipinski definition) is 2. The minimum absolute atomic E-state index is 0.174. The third kappa shape index (κ3) is 6.09. The Morgan fingerprint density at radius 3 is 1.57 bits per heavy atom. The second-order valence-electron chi connectivity index (χ2n) is 17.3. The zero-order valence-electron chi connectivity index (χ0n) is 35.2. The Bertz CT molecular complexity index is 3450. The van der Waals surface area contributed by atoms with Gasteiger partial charge in [0, 0.05) is 38.3 Å². The van der Waals surface area contributed by atoms with E-state index in [2.05, 4.69) is 243 Å². The van der Waals surface area contributed by atoms with E-state index in [9.17, 15) is 0 Å². The zero-order valence-corrected chi connectivity index (χ0v) is 35.2. The van der Waals surface area contributed by atoms with Gasteiger partial charge in [0.05, 0.1) is 5.69 Å². The molecule has 0 aliphatic heterocycles. The number of furan rings is 1. The topological polar surface area (TPSA) is 16.4 Å². The molecular weight excluding hydrogens is 763 g/mol. The van der Waals surface area contributed by atoms with E-state index in [0.29, 0.717) is 0 Å². The summed E-state index contributed by atoms with van der Waals surface area (Å²) >= 11 is 0. The van der Waals surface area contributed by atoms with E-state index in [0.717, 1.165) is 72.0 Å². The number of hydrogen-bond donors (Lipinski definition) is 0. The summed E-state index contributed by atoms with van der Waals surface area (Å²) in [5.74, 6) is 0. The van der Waals surface area contributed by atoms with E-state index in [1.54, 1.807) is 0 Å². The molecule has 12 rings (SSSR count). The number of rotatable bonds is 7. The largest absolute Gasteiger partial charge is 0.455 e. The molecule has 63 heavy (non-hydrogen) atoms. The Morgan fingerprint density at radius 1 is 0.349 bits per heavy atom. The normalized spacial score (nSPS) is 12.7. The van der Waals surface area contributed by atoms with Crippen LogP contribution in [-0.2, 0) is 5.41 Å². The molecular formula is C61H43NO. The summed E-state index contributed by atoms with van der Waals surface area (Å²) in [5, 5.41) is 4.39. The number of nitrogens with zero attached hydrogens (tertiary/aromatic N) is 1. The first-order valence-corrected chi connectivity index (χ1v) is 21.8. The van der Waals surface area contributed by atoms with Gasteiger partial charge in [0.1, 0.15) is 11.2 Å². The minimum atomic E-state index is -0.174. The fourth-order valence-electron chi connectivity index (χ4n) is 10.1. The van der Waals surface area contributed by atoms with Crippen LogP contribution in [0.4, 0.5) is 17.1 Å². The van der Waals surface area contributed by atoms with Crippen LogP contribution in [0.2, 0.25) is 0 Å². The van der Waals surface area contributed by atoms with E-state index in [-0.39, 0.29) is 5.41 Å². The molecule has 0 amide bonds. The highest BCUT2D eigenvalue weighted by Gasteiger charge is 2.36. The molecule has 0 atom stereocenters. The molecule has 1 aromatic heterocycles. The highest BCUT2D eigenvalue weighted by molar-refractivity contribution is 6.22. The molecule has 0 spiro atoms. The molecule has 298 valence electrons. The van der Waals surface area contributed by atoms with Crippen LogP contribution in [0.1, 0.15) is 25.0 Å². The van der Waals surface area contributed by atoms with Gasteiger partial charge in [0.15, 0.2) is 0 Å².